The highest BCUT2D eigenvalue weighted by Crippen LogP contribution is 2.48. The van der Waals surface area contributed by atoms with E-state index in [1.54, 1.807) is 42.5 Å². The van der Waals surface area contributed by atoms with Gasteiger partial charge in [0.1, 0.15) is 61.2 Å². The molecule has 0 aliphatic rings. The number of hydrogen-bond acceptors (Lipinski definition) is 12. The van der Waals surface area contributed by atoms with Crippen LogP contribution in [0.5, 0.6) is 0 Å². The van der Waals surface area contributed by atoms with Gasteiger partial charge in [-0.1, -0.05) is 128 Å². The van der Waals surface area contributed by atoms with Crippen molar-refractivity contribution in [2.24, 2.45) is 28.2 Å². The summed E-state index contributed by atoms with van der Waals surface area (Å²) in [4.78, 5) is 17.1. The van der Waals surface area contributed by atoms with Gasteiger partial charge in [-0.3, -0.25) is 4.98 Å². The van der Waals surface area contributed by atoms with E-state index >= 15 is 0 Å². The molecule has 0 saturated carbocycles. The molecule has 488 valence electrons. The quantitative estimate of drug-likeness (QED) is 0.153. The molecule has 0 spiro atoms. The molecule has 0 fully saturated rings. The molecule has 12 heterocycles. The predicted molar refractivity (Wildman–Crippen MR) is 401 cm³/mol. The lowest BCUT2D eigenvalue weighted by molar-refractivity contribution is -0.663. The van der Waals surface area contributed by atoms with Crippen molar-refractivity contribution >= 4 is 152 Å². The minimum Gasteiger partial charge on any atom is -0.425 e. The molecule has 12 aromatic heterocycles. The minimum atomic E-state index is -2.25. The Morgan fingerprint density at radius 1 is 0.420 bits per heavy atom. The van der Waals surface area contributed by atoms with Gasteiger partial charge in [0.05, 0.1) is 74.1 Å². The van der Waals surface area contributed by atoms with E-state index in [0.29, 0.717) is 28.6 Å². The summed E-state index contributed by atoms with van der Waals surface area (Å²) in [6, 6.07) is 51.7. The molecule has 8 aromatic carbocycles. The van der Waals surface area contributed by atoms with Crippen LogP contribution >= 0.6 is 22.7 Å². The van der Waals surface area contributed by atoms with Gasteiger partial charge in [0.25, 0.3) is 23.7 Å². The van der Waals surface area contributed by atoms with Crippen LogP contribution in [0.2, 0.25) is 0 Å². The first-order valence-electron chi connectivity index (χ1n) is 35.7. The lowest BCUT2D eigenvalue weighted by atomic mass is 10.0. The van der Waals surface area contributed by atoms with Crippen LogP contribution in [0, 0.1) is 34.5 Å². The van der Waals surface area contributed by atoms with E-state index in [0.717, 1.165) is 127 Å². The largest absolute Gasteiger partial charge is 0.425 e. The van der Waals surface area contributed by atoms with Crippen LogP contribution < -0.4 is 18.3 Å². The fraction of sp³-hybridized carbons (Fsp3) is 0.143. The summed E-state index contributed by atoms with van der Waals surface area (Å²) >= 11 is 3.81. The Morgan fingerprint density at radius 2 is 0.910 bits per heavy atom. The highest BCUT2D eigenvalue weighted by Gasteiger charge is 2.28. The van der Waals surface area contributed by atoms with E-state index in [4.69, 9.17) is 34.7 Å². The molecule has 14 nitrogen and oxygen atoms in total. The van der Waals surface area contributed by atoms with Crippen molar-refractivity contribution in [1.29, 1.82) is 0 Å². The van der Waals surface area contributed by atoms with Gasteiger partial charge >= 0.3 is 0 Å². The number of furan rings is 6. The van der Waals surface area contributed by atoms with Crippen LogP contribution in [-0.4, -0.2) is 19.9 Å². The maximum Gasteiger partial charge on any atom is 0.299 e. The van der Waals surface area contributed by atoms with Gasteiger partial charge in [0, 0.05) is 78.3 Å². The fourth-order valence-corrected chi connectivity index (χ4v) is 16.7. The predicted octanol–water partition coefficient (Wildman–Crippen LogP) is 20.5. The third kappa shape index (κ3) is 10.3. The number of rotatable bonds is 5. The summed E-state index contributed by atoms with van der Waals surface area (Å²) in [5.74, 6) is 0.913. The molecule has 0 aliphatic carbocycles. The Balaban J connectivity index is 0.000000104. The monoisotopic (exact) mass is 1350 g/mol. The van der Waals surface area contributed by atoms with Gasteiger partial charge in [-0.05, 0) is 93.2 Å². The summed E-state index contributed by atoms with van der Waals surface area (Å²) in [7, 11) is 7.77. The number of thiophene rings is 2. The van der Waals surface area contributed by atoms with E-state index in [1.165, 1.54) is 46.4 Å². The van der Waals surface area contributed by atoms with Crippen molar-refractivity contribution < 1.29 is 53.0 Å². The number of nitrogens with zero attached hydrogens (tertiary/aromatic N) is 8. The molecule has 0 bridgehead atoms. The van der Waals surface area contributed by atoms with Gasteiger partial charge in [0.15, 0.2) is 35.3 Å². The Hall–Kier alpha value is -11.7. The normalized spacial score (nSPS) is 13.2. The second-order valence-electron chi connectivity index (χ2n) is 25.5. The van der Waals surface area contributed by atoms with Crippen molar-refractivity contribution in [3.8, 4) is 45.0 Å². The van der Waals surface area contributed by atoms with Crippen LogP contribution in [-0.2, 0) is 28.2 Å². The van der Waals surface area contributed by atoms with E-state index in [9.17, 15) is 0 Å². The van der Waals surface area contributed by atoms with Crippen LogP contribution in [0.1, 0.15) is 61.6 Å². The highest BCUT2D eigenvalue weighted by atomic mass is 32.1. The topological polar surface area (TPSA) is 146 Å². The number of benzene rings is 8. The lowest BCUT2D eigenvalue weighted by Crippen LogP contribution is -2.32. The molecule has 0 radical (unpaired) electrons. The zero-order chi connectivity index (χ0) is 73.4. The average Bonchev–Trinajstić information content (AvgIpc) is 1.59. The molecule has 20 aromatic rings. The Labute approximate surface area is 589 Å². The summed E-state index contributed by atoms with van der Waals surface area (Å²) in [6.45, 7) is 5.64. The summed E-state index contributed by atoms with van der Waals surface area (Å²) in [5, 5.41) is 11.8. The molecule has 16 heteroatoms. The smallest absolute Gasteiger partial charge is 0.299 e. The molecule has 0 saturated heterocycles. The summed E-state index contributed by atoms with van der Waals surface area (Å²) < 4.78 is 95.4. The second-order valence-corrected chi connectivity index (χ2v) is 27.6. The number of fused-ring (bicyclic) bond motifs is 20. The molecule has 0 aliphatic heterocycles. The third-order valence-electron chi connectivity index (χ3n) is 19.0. The van der Waals surface area contributed by atoms with Gasteiger partial charge in [-0.25, -0.2) is 14.5 Å². The standard InChI is InChI=1S/C23H21N2O2.C21H17N2O2.C20H15N2O2.C20H15N2S2/c1-13(2)17-12-25(4)18(11-24-17)20-14(3)9-10-16-21-15-7-5-6-8-19(15)26-23(21)27-22(16)20;1-12-8-9-15-19-14-6-4-5-7-17(14)24-21(19)25-20(15)18(12)16-10-22-13(2)11-23(16)3;1-12-7-8-14-18-13-5-3-4-6-16(13)23-20(18)24-19(14)17(12)15-11-21-9-10-22(15)2;1-12-9-15-18(10-14(12)16-7-8-21-11-22(16)2)24-19-13-5-3-4-6-17(13)23-20(15)19/h5-13H,1-4H3;4-11H,1-3H3;2*3-11H,1-2H3/q4*+1/i1D3;2D3;;. The number of para-hydroxylation sites is 3. The summed E-state index contributed by atoms with van der Waals surface area (Å²) in [5.41, 5.74) is 17.8. The van der Waals surface area contributed by atoms with E-state index in [-0.39, 0.29) is 5.69 Å². The van der Waals surface area contributed by atoms with Crippen LogP contribution in [0.25, 0.3) is 174 Å². The van der Waals surface area contributed by atoms with E-state index in [2.05, 4.69) is 116 Å². The van der Waals surface area contributed by atoms with Gasteiger partial charge < -0.3 is 26.5 Å². The molecular weight excluding hydrogens is 1280 g/mol. The van der Waals surface area contributed by atoms with Crippen LogP contribution in [0.15, 0.2) is 234 Å². The lowest BCUT2D eigenvalue weighted by Gasteiger charge is -2.07. The zero-order valence-electron chi connectivity index (χ0n) is 62.1. The fourth-order valence-electron chi connectivity index (χ4n) is 14.0. The molecule has 1 unspecified atom stereocenters. The maximum absolute atomic E-state index is 7.67. The Bertz CT molecular complexity index is 6930. The van der Waals surface area contributed by atoms with Crippen molar-refractivity contribution in [3.05, 3.63) is 241 Å². The summed E-state index contributed by atoms with van der Waals surface area (Å²) in [6.07, 6.45) is 15.9. The SMILES string of the molecule is Cc1cc2c(cc1-c1ccnc[n+]1C)sc1c3ccccc3sc21.Cc1ccc2c(oc3oc4ccccc4c32)c1-c1cncc[n+]1C.[2H]C([2H])([2H])C(C)c1c[n+](C)c(-c2c(C)ccc3c2oc2oc4ccccc4c23)cn1.[2H]C([2H])([2H])c1c[n+](C)c(-c2c(C)ccc3c2oc2oc4ccccc4c23)cn1. The first kappa shape index (κ1) is 55.3. The second kappa shape index (κ2) is 24.4. The van der Waals surface area contributed by atoms with Gasteiger partial charge in [0.2, 0.25) is 17.1 Å². The van der Waals surface area contributed by atoms with Crippen molar-refractivity contribution in [3.63, 3.8) is 0 Å². The molecule has 1 atom stereocenters. The number of aryl methyl sites for hydroxylation is 9. The number of aromatic nitrogens is 8. The minimum absolute atomic E-state index is 0.0581. The number of hydrogen-bond donors (Lipinski definition) is 0. The molecule has 0 N–H and O–H groups in total. The molecule has 20 rings (SSSR count). The highest BCUT2D eigenvalue weighted by molar-refractivity contribution is 7.36. The zero-order valence-corrected chi connectivity index (χ0v) is 57.7. The third-order valence-corrected chi connectivity index (χ3v) is 21.5. The van der Waals surface area contributed by atoms with Crippen molar-refractivity contribution in [1.82, 2.24) is 19.9 Å². The Kier molecular flexibility index (Phi) is 13.5. The molecular formula is C84H68N8O6S2+4. The van der Waals surface area contributed by atoms with E-state index < -0.39 is 19.6 Å². The van der Waals surface area contributed by atoms with Crippen molar-refractivity contribution in [2.45, 2.75) is 54.2 Å². The van der Waals surface area contributed by atoms with E-state index in [1.807, 2.05) is 173 Å². The maximum atomic E-state index is 7.67. The first-order chi connectivity index (χ1) is 51.1. The average molecular weight is 1360 g/mol. The molecule has 0 amide bonds. The van der Waals surface area contributed by atoms with Crippen molar-refractivity contribution in [2.75, 3.05) is 0 Å². The van der Waals surface area contributed by atoms with Crippen LogP contribution in [0.4, 0.5) is 0 Å². The van der Waals surface area contributed by atoms with Gasteiger partial charge in [-0.15, -0.1) is 22.7 Å². The Morgan fingerprint density at radius 3 is 1.42 bits per heavy atom. The first-order valence-corrected chi connectivity index (χ1v) is 34.4. The van der Waals surface area contributed by atoms with Gasteiger partial charge in [-0.2, -0.15) is 13.7 Å². The molecule has 100 heavy (non-hydrogen) atoms. The van der Waals surface area contributed by atoms with Crippen LogP contribution in [0.3, 0.4) is 0 Å².